The Kier molecular flexibility index (Phi) is 8.33. The molecule has 0 spiro atoms. The molecule has 1 heterocycles. The van der Waals surface area contributed by atoms with Gasteiger partial charge >= 0.3 is 0 Å². The SMILES string of the molecule is CCCCCCC[C@H]1OC(C)(C)O[C@@H]1CC#CC(O)CC. The molecule has 0 amide bonds. The maximum absolute atomic E-state index is 9.48. The van der Waals surface area contributed by atoms with E-state index >= 15 is 0 Å². The van der Waals surface area contributed by atoms with E-state index in [9.17, 15) is 5.11 Å². The van der Waals surface area contributed by atoms with E-state index in [-0.39, 0.29) is 12.2 Å². The van der Waals surface area contributed by atoms with Crippen molar-refractivity contribution in [2.75, 3.05) is 0 Å². The highest BCUT2D eigenvalue weighted by atomic mass is 16.7. The first-order valence-electron chi connectivity index (χ1n) is 8.50. The van der Waals surface area contributed by atoms with Gasteiger partial charge < -0.3 is 14.6 Å². The van der Waals surface area contributed by atoms with Gasteiger partial charge in [-0.3, -0.25) is 0 Å². The summed E-state index contributed by atoms with van der Waals surface area (Å²) in [6, 6.07) is 0. The first-order chi connectivity index (χ1) is 9.98. The highest BCUT2D eigenvalue weighted by Gasteiger charge is 2.40. The van der Waals surface area contributed by atoms with Crippen LogP contribution in [0.4, 0.5) is 0 Å². The second-order valence-electron chi connectivity index (χ2n) is 6.36. The predicted octanol–water partition coefficient (Wildman–Crippen LogP) is 4.03. The summed E-state index contributed by atoms with van der Waals surface area (Å²) in [5.74, 6) is 5.40. The van der Waals surface area contributed by atoms with Crippen LogP contribution in [0.25, 0.3) is 0 Å². The fraction of sp³-hybridized carbons (Fsp3) is 0.889. The fourth-order valence-corrected chi connectivity index (χ4v) is 2.66. The van der Waals surface area contributed by atoms with Crippen LogP contribution in [0, 0.1) is 11.8 Å². The molecule has 1 fully saturated rings. The third kappa shape index (κ3) is 7.31. The minimum Gasteiger partial charge on any atom is -0.380 e. The van der Waals surface area contributed by atoms with Gasteiger partial charge in [0.25, 0.3) is 0 Å². The number of rotatable bonds is 8. The van der Waals surface area contributed by atoms with Gasteiger partial charge in [-0.1, -0.05) is 57.8 Å². The third-order valence-corrected chi connectivity index (χ3v) is 3.84. The molecular weight excluding hydrogens is 264 g/mol. The maximum atomic E-state index is 9.48. The van der Waals surface area contributed by atoms with Crippen molar-refractivity contribution in [3.63, 3.8) is 0 Å². The molecule has 1 N–H and O–H groups in total. The second-order valence-corrected chi connectivity index (χ2v) is 6.36. The molecule has 122 valence electrons. The molecule has 1 saturated heterocycles. The first kappa shape index (κ1) is 18.5. The first-order valence-corrected chi connectivity index (χ1v) is 8.50. The molecule has 0 bridgehead atoms. The molecule has 1 aliphatic rings. The molecule has 0 aromatic heterocycles. The van der Waals surface area contributed by atoms with Crippen LogP contribution in [0.15, 0.2) is 0 Å². The molecule has 0 aliphatic carbocycles. The van der Waals surface area contributed by atoms with Gasteiger partial charge in [-0.15, -0.1) is 0 Å². The van der Waals surface area contributed by atoms with Crippen LogP contribution in [0.3, 0.4) is 0 Å². The molecule has 21 heavy (non-hydrogen) atoms. The average molecular weight is 296 g/mol. The lowest BCUT2D eigenvalue weighted by Gasteiger charge is -2.16. The quantitative estimate of drug-likeness (QED) is 0.543. The van der Waals surface area contributed by atoms with Crippen molar-refractivity contribution < 1.29 is 14.6 Å². The number of hydrogen-bond donors (Lipinski definition) is 1. The summed E-state index contributed by atoms with van der Waals surface area (Å²) in [4.78, 5) is 0. The van der Waals surface area contributed by atoms with Crippen LogP contribution < -0.4 is 0 Å². The molecule has 0 aromatic carbocycles. The van der Waals surface area contributed by atoms with Gasteiger partial charge in [0.15, 0.2) is 5.79 Å². The molecule has 0 saturated carbocycles. The van der Waals surface area contributed by atoms with E-state index in [0.717, 1.165) is 6.42 Å². The Balaban J connectivity index is 2.40. The number of aliphatic hydroxyl groups is 1. The predicted molar refractivity (Wildman–Crippen MR) is 85.9 cm³/mol. The van der Waals surface area contributed by atoms with E-state index in [4.69, 9.17) is 9.47 Å². The standard InChI is InChI=1S/C18H32O3/c1-5-7-8-9-10-13-16-17(21-18(3,4)20-16)14-11-12-15(19)6-2/h15-17,19H,5-10,13-14H2,1-4H3/t15?,16-,17-/m1/s1. The number of ether oxygens (including phenoxy) is 2. The average Bonchev–Trinajstić information content (AvgIpc) is 2.73. The zero-order valence-electron chi connectivity index (χ0n) is 14.2. The van der Waals surface area contributed by atoms with Gasteiger partial charge in [0, 0.05) is 6.42 Å². The van der Waals surface area contributed by atoms with Crippen molar-refractivity contribution in [3.05, 3.63) is 0 Å². The number of unbranched alkanes of at least 4 members (excludes halogenated alkanes) is 4. The molecule has 3 atom stereocenters. The Morgan fingerprint density at radius 2 is 1.71 bits per heavy atom. The molecule has 0 radical (unpaired) electrons. The zero-order chi connectivity index (χ0) is 15.7. The van der Waals surface area contributed by atoms with Crippen LogP contribution in [0.1, 0.15) is 79.1 Å². The zero-order valence-corrected chi connectivity index (χ0v) is 14.2. The number of aliphatic hydroxyl groups excluding tert-OH is 1. The number of hydrogen-bond acceptors (Lipinski definition) is 3. The van der Waals surface area contributed by atoms with Crippen molar-refractivity contribution in [2.24, 2.45) is 0 Å². The van der Waals surface area contributed by atoms with Crippen LogP contribution >= 0.6 is 0 Å². The summed E-state index contributed by atoms with van der Waals surface area (Å²) in [6.45, 7) is 8.09. The highest BCUT2D eigenvalue weighted by molar-refractivity contribution is 5.06. The maximum Gasteiger partial charge on any atom is 0.163 e. The fourth-order valence-electron chi connectivity index (χ4n) is 2.66. The van der Waals surface area contributed by atoms with Gasteiger partial charge in [-0.05, 0) is 26.7 Å². The summed E-state index contributed by atoms with van der Waals surface area (Å²) < 4.78 is 11.9. The Morgan fingerprint density at radius 3 is 2.38 bits per heavy atom. The normalized spacial score (nSPS) is 25.4. The minimum absolute atomic E-state index is 0.0303. The lowest BCUT2D eigenvalue weighted by molar-refractivity contribution is -0.146. The van der Waals surface area contributed by atoms with Crippen molar-refractivity contribution in [3.8, 4) is 11.8 Å². The summed E-state index contributed by atoms with van der Waals surface area (Å²) in [5.41, 5.74) is 0. The summed E-state index contributed by atoms with van der Waals surface area (Å²) in [7, 11) is 0. The Bertz CT molecular complexity index is 340. The largest absolute Gasteiger partial charge is 0.380 e. The molecule has 0 aromatic rings. The van der Waals surface area contributed by atoms with E-state index in [1.54, 1.807) is 0 Å². The molecule has 1 aliphatic heterocycles. The summed E-state index contributed by atoms with van der Waals surface area (Å²) >= 11 is 0. The van der Waals surface area contributed by atoms with E-state index in [0.29, 0.717) is 12.8 Å². The van der Waals surface area contributed by atoms with Gasteiger partial charge in [0.05, 0.1) is 12.2 Å². The minimum atomic E-state index is -0.521. The van der Waals surface area contributed by atoms with E-state index in [1.807, 2.05) is 20.8 Å². The Labute approximate surface area is 130 Å². The van der Waals surface area contributed by atoms with E-state index < -0.39 is 11.9 Å². The Morgan fingerprint density at radius 1 is 1.05 bits per heavy atom. The topological polar surface area (TPSA) is 38.7 Å². The van der Waals surface area contributed by atoms with Gasteiger partial charge in [-0.2, -0.15) is 0 Å². The Hall–Kier alpha value is -0.560. The summed E-state index contributed by atoms with van der Waals surface area (Å²) in [5, 5.41) is 9.48. The lowest BCUT2D eigenvalue weighted by atomic mass is 10.0. The van der Waals surface area contributed by atoms with Crippen LogP contribution in [0.2, 0.25) is 0 Å². The van der Waals surface area contributed by atoms with Crippen LogP contribution in [-0.4, -0.2) is 29.2 Å². The molecular formula is C18H32O3. The lowest BCUT2D eigenvalue weighted by Crippen LogP contribution is -2.22. The van der Waals surface area contributed by atoms with Crippen LogP contribution in [-0.2, 0) is 9.47 Å². The van der Waals surface area contributed by atoms with E-state index in [2.05, 4.69) is 18.8 Å². The molecule has 3 nitrogen and oxygen atoms in total. The van der Waals surface area contributed by atoms with Crippen LogP contribution in [0.5, 0.6) is 0 Å². The van der Waals surface area contributed by atoms with Crippen molar-refractivity contribution in [1.82, 2.24) is 0 Å². The van der Waals surface area contributed by atoms with Crippen molar-refractivity contribution >= 4 is 0 Å². The van der Waals surface area contributed by atoms with Crippen molar-refractivity contribution in [2.45, 2.75) is 103 Å². The monoisotopic (exact) mass is 296 g/mol. The molecule has 1 unspecified atom stereocenters. The smallest absolute Gasteiger partial charge is 0.163 e. The van der Waals surface area contributed by atoms with Gasteiger partial charge in [-0.25, -0.2) is 0 Å². The molecule has 3 heteroatoms. The van der Waals surface area contributed by atoms with Crippen molar-refractivity contribution in [1.29, 1.82) is 0 Å². The molecule has 1 rings (SSSR count). The highest BCUT2D eigenvalue weighted by Crippen LogP contribution is 2.32. The summed E-state index contributed by atoms with van der Waals surface area (Å²) in [6.07, 6.45) is 8.33. The second kappa shape index (κ2) is 9.46. The van der Waals surface area contributed by atoms with Gasteiger partial charge in [0.2, 0.25) is 0 Å². The van der Waals surface area contributed by atoms with Gasteiger partial charge in [0.1, 0.15) is 6.10 Å². The van der Waals surface area contributed by atoms with E-state index in [1.165, 1.54) is 32.1 Å². The third-order valence-electron chi connectivity index (χ3n) is 3.84.